The second-order valence-electron chi connectivity index (χ2n) is 3.83. The monoisotopic (exact) mass is 216 g/mol. The number of amides is 1. The summed E-state index contributed by atoms with van der Waals surface area (Å²) < 4.78 is 0. The number of rotatable bonds is 7. The molecule has 5 nitrogen and oxygen atoms in total. The van der Waals surface area contributed by atoms with Gasteiger partial charge in [0, 0.05) is 32.5 Å². The zero-order valence-corrected chi connectivity index (χ0v) is 9.40. The topological polar surface area (TPSA) is 83.6 Å². The zero-order valence-electron chi connectivity index (χ0n) is 9.40. The molecule has 3 N–H and O–H groups in total. The molecule has 0 aromatic rings. The first-order chi connectivity index (χ1) is 6.93. The number of carbonyl (C=O) groups is 2. The Balaban J connectivity index is 3.64. The Kier molecular flexibility index (Phi) is 6.70. The highest BCUT2D eigenvalue weighted by Gasteiger charge is 2.09. The summed E-state index contributed by atoms with van der Waals surface area (Å²) in [6, 6.07) is 0.0290. The number of carbonyl (C=O) groups excluding carboxylic acids is 1. The van der Waals surface area contributed by atoms with Gasteiger partial charge in [0.25, 0.3) is 0 Å². The van der Waals surface area contributed by atoms with Crippen molar-refractivity contribution in [1.29, 1.82) is 0 Å². The number of carboxylic acids is 1. The van der Waals surface area contributed by atoms with E-state index in [1.54, 1.807) is 11.9 Å². The van der Waals surface area contributed by atoms with Crippen LogP contribution in [-0.2, 0) is 9.59 Å². The molecule has 0 aliphatic heterocycles. The standard InChI is InChI=1S/C10H20N2O3/c1-8(11)5-6-9(13)12(2)7-3-4-10(14)15/h8H,3-7,11H2,1-2H3,(H,14,15). The Bertz CT molecular complexity index is 217. The summed E-state index contributed by atoms with van der Waals surface area (Å²) in [4.78, 5) is 23.3. The van der Waals surface area contributed by atoms with Gasteiger partial charge >= 0.3 is 5.97 Å². The van der Waals surface area contributed by atoms with Crippen LogP contribution in [0, 0.1) is 0 Å². The Hall–Kier alpha value is -1.10. The van der Waals surface area contributed by atoms with E-state index in [0.29, 0.717) is 25.8 Å². The molecule has 1 atom stereocenters. The highest BCUT2D eigenvalue weighted by Crippen LogP contribution is 2.00. The molecule has 0 spiro atoms. The Morgan fingerprint density at radius 3 is 2.47 bits per heavy atom. The van der Waals surface area contributed by atoms with Crippen molar-refractivity contribution in [3.63, 3.8) is 0 Å². The van der Waals surface area contributed by atoms with E-state index < -0.39 is 5.97 Å². The number of aliphatic carboxylic acids is 1. The Morgan fingerprint density at radius 2 is 2.00 bits per heavy atom. The predicted molar refractivity (Wildman–Crippen MR) is 57.4 cm³/mol. The van der Waals surface area contributed by atoms with Crippen LogP contribution in [0.2, 0.25) is 0 Å². The fourth-order valence-electron chi connectivity index (χ4n) is 1.13. The van der Waals surface area contributed by atoms with Crippen molar-refractivity contribution < 1.29 is 14.7 Å². The molecule has 0 fully saturated rings. The van der Waals surface area contributed by atoms with Gasteiger partial charge in [-0.2, -0.15) is 0 Å². The minimum atomic E-state index is -0.827. The first kappa shape index (κ1) is 13.9. The van der Waals surface area contributed by atoms with Gasteiger partial charge in [0.1, 0.15) is 0 Å². The van der Waals surface area contributed by atoms with Gasteiger partial charge in [0.15, 0.2) is 0 Å². The third kappa shape index (κ3) is 7.93. The van der Waals surface area contributed by atoms with Crippen LogP contribution in [-0.4, -0.2) is 41.5 Å². The quantitative estimate of drug-likeness (QED) is 0.646. The highest BCUT2D eigenvalue weighted by molar-refractivity contribution is 5.75. The summed E-state index contributed by atoms with van der Waals surface area (Å²) in [5.41, 5.74) is 5.53. The van der Waals surface area contributed by atoms with E-state index in [2.05, 4.69) is 0 Å². The van der Waals surface area contributed by atoms with Crippen LogP contribution in [0.15, 0.2) is 0 Å². The minimum absolute atomic E-state index is 0.0256. The van der Waals surface area contributed by atoms with Crippen molar-refractivity contribution in [2.24, 2.45) is 5.73 Å². The van der Waals surface area contributed by atoms with Gasteiger partial charge in [0.05, 0.1) is 0 Å². The van der Waals surface area contributed by atoms with Crippen LogP contribution in [0.25, 0.3) is 0 Å². The molecule has 0 saturated heterocycles. The molecule has 0 aliphatic rings. The second-order valence-corrected chi connectivity index (χ2v) is 3.83. The van der Waals surface area contributed by atoms with Gasteiger partial charge in [-0.15, -0.1) is 0 Å². The van der Waals surface area contributed by atoms with Crippen LogP contribution < -0.4 is 5.73 Å². The first-order valence-electron chi connectivity index (χ1n) is 5.14. The van der Waals surface area contributed by atoms with Crippen LogP contribution in [0.1, 0.15) is 32.6 Å². The maximum atomic E-state index is 11.4. The molecule has 15 heavy (non-hydrogen) atoms. The van der Waals surface area contributed by atoms with Gasteiger partial charge in [-0.3, -0.25) is 9.59 Å². The van der Waals surface area contributed by atoms with E-state index in [-0.39, 0.29) is 18.4 Å². The van der Waals surface area contributed by atoms with Crippen molar-refractivity contribution in [2.45, 2.75) is 38.6 Å². The summed E-state index contributed by atoms with van der Waals surface area (Å²) in [5.74, 6) is -0.802. The summed E-state index contributed by atoms with van der Waals surface area (Å²) in [6.45, 7) is 2.35. The van der Waals surface area contributed by atoms with E-state index in [9.17, 15) is 9.59 Å². The largest absolute Gasteiger partial charge is 0.481 e. The van der Waals surface area contributed by atoms with Crippen molar-refractivity contribution in [3.8, 4) is 0 Å². The Labute approximate surface area is 90.2 Å². The number of nitrogens with two attached hydrogens (primary N) is 1. The van der Waals surface area contributed by atoms with Crippen LogP contribution in [0.4, 0.5) is 0 Å². The lowest BCUT2D eigenvalue weighted by molar-refractivity contribution is -0.138. The molecule has 0 aromatic heterocycles. The van der Waals surface area contributed by atoms with E-state index in [1.807, 2.05) is 6.92 Å². The summed E-state index contributed by atoms with van der Waals surface area (Å²) in [7, 11) is 1.69. The highest BCUT2D eigenvalue weighted by atomic mass is 16.4. The van der Waals surface area contributed by atoms with E-state index in [0.717, 1.165) is 0 Å². The fraction of sp³-hybridized carbons (Fsp3) is 0.800. The molecule has 0 heterocycles. The van der Waals surface area contributed by atoms with Crippen molar-refractivity contribution in [2.75, 3.05) is 13.6 Å². The molecule has 0 bridgehead atoms. The third-order valence-corrected chi connectivity index (χ3v) is 2.12. The predicted octanol–water partition coefficient (Wildman–Crippen LogP) is 0.437. The van der Waals surface area contributed by atoms with Crippen molar-refractivity contribution in [3.05, 3.63) is 0 Å². The van der Waals surface area contributed by atoms with Gasteiger partial charge in [-0.25, -0.2) is 0 Å². The second kappa shape index (κ2) is 7.23. The molecular formula is C10H20N2O3. The Morgan fingerprint density at radius 1 is 1.40 bits per heavy atom. The van der Waals surface area contributed by atoms with Gasteiger partial charge in [-0.05, 0) is 19.8 Å². The summed E-state index contributed by atoms with van der Waals surface area (Å²) in [6.07, 6.45) is 1.70. The van der Waals surface area contributed by atoms with Crippen molar-refractivity contribution in [1.82, 2.24) is 4.90 Å². The van der Waals surface area contributed by atoms with E-state index in [1.165, 1.54) is 0 Å². The van der Waals surface area contributed by atoms with E-state index in [4.69, 9.17) is 10.8 Å². The molecule has 88 valence electrons. The minimum Gasteiger partial charge on any atom is -0.481 e. The molecule has 0 saturated carbocycles. The van der Waals surface area contributed by atoms with Crippen LogP contribution in [0.3, 0.4) is 0 Å². The maximum Gasteiger partial charge on any atom is 0.303 e. The molecule has 5 heteroatoms. The normalized spacial score (nSPS) is 12.2. The number of nitrogens with zero attached hydrogens (tertiary/aromatic N) is 1. The average molecular weight is 216 g/mol. The van der Waals surface area contributed by atoms with Gasteiger partial charge in [-0.1, -0.05) is 0 Å². The molecule has 0 aromatic carbocycles. The third-order valence-electron chi connectivity index (χ3n) is 2.12. The molecule has 1 unspecified atom stereocenters. The lowest BCUT2D eigenvalue weighted by atomic mass is 10.2. The van der Waals surface area contributed by atoms with E-state index >= 15 is 0 Å². The van der Waals surface area contributed by atoms with Crippen molar-refractivity contribution >= 4 is 11.9 Å². The fourth-order valence-corrected chi connectivity index (χ4v) is 1.13. The van der Waals surface area contributed by atoms with Crippen LogP contribution in [0.5, 0.6) is 0 Å². The lowest BCUT2D eigenvalue weighted by Crippen LogP contribution is -2.29. The smallest absolute Gasteiger partial charge is 0.303 e. The summed E-state index contributed by atoms with van der Waals surface area (Å²) in [5, 5.41) is 8.42. The van der Waals surface area contributed by atoms with Gasteiger partial charge < -0.3 is 15.7 Å². The molecule has 1 amide bonds. The number of hydrogen-bond acceptors (Lipinski definition) is 3. The molecule has 0 aliphatic carbocycles. The number of hydrogen-bond donors (Lipinski definition) is 2. The number of carboxylic acid groups (broad SMARTS) is 1. The van der Waals surface area contributed by atoms with Gasteiger partial charge in [0.2, 0.25) is 5.91 Å². The molecular weight excluding hydrogens is 196 g/mol. The lowest BCUT2D eigenvalue weighted by Gasteiger charge is -2.17. The molecule has 0 rings (SSSR count). The SMILES string of the molecule is CC(N)CCC(=O)N(C)CCCC(=O)O. The van der Waals surface area contributed by atoms with Crippen LogP contribution >= 0.6 is 0 Å². The molecule has 0 radical (unpaired) electrons. The summed E-state index contributed by atoms with van der Waals surface area (Å²) >= 11 is 0. The first-order valence-corrected chi connectivity index (χ1v) is 5.14. The maximum absolute atomic E-state index is 11.4. The zero-order chi connectivity index (χ0) is 11.8. The average Bonchev–Trinajstić information content (AvgIpc) is 2.13.